The first-order chi connectivity index (χ1) is 11.1. The highest BCUT2D eigenvalue weighted by molar-refractivity contribution is 7.98. The summed E-state index contributed by atoms with van der Waals surface area (Å²) >= 11 is 1.47. The fraction of sp³-hybridized carbons (Fsp3) is 0.333. The molecule has 0 fully saturated rings. The van der Waals surface area contributed by atoms with E-state index in [1.54, 1.807) is 23.0 Å². The van der Waals surface area contributed by atoms with Crippen molar-refractivity contribution < 1.29 is 8.81 Å². The Kier molecular flexibility index (Phi) is 4.71. The van der Waals surface area contributed by atoms with Gasteiger partial charge in [0, 0.05) is 12.1 Å². The molecule has 0 N–H and O–H groups in total. The Hall–Kier alpha value is -2.22. The van der Waals surface area contributed by atoms with Crippen LogP contribution in [0.3, 0.4) is 0 Å². The molecule has 0 aliphatic rings. The molecule has 23 heavy (non-hydrogen) atoms. The number of halogens is 1. The molecular weight excluding hydrogens is 317 g/mol. The molecule has 0 spiro atoms. The molecule has 2 aromatic heterocycles. The Labute approximate surface area is 137 Å². The molecule has 0 aliphatic carbocycles. The first-order valence-electron chi connectivity index (χ1n) is 7.21. The molecule has 8 heteroatoms. The van der Waals surface area contributed by atoms with Gasteiger partial charge in [-0.05, 0) is 40.6 Å². The Morgan fingerprint density at radius 1 is 1.26 bits per heavy atom. The molecule has 0 bridgehead atoms. The highest BCUT2D eigenvalue weighted by Gasteiger charge is 2.12. The smallest absolute Gasteiger partial charge is 0.209 e. The first-order valence-corrected chi connectivity index (χ1v) is 8.20. The summed E-state index contributed by atoms with van der Waals surface area (Å²) in [5.74, 6) is 1.90. The highest BCUT2D eigenvalue weighted by atomic mass is 32.2. The van der Waals surface area contributed by atoms with Gasteiger partial charge in [0.15, 0.2) is 5.76 Å². The fourth-order valence-electron chi connectivity index (χ4n) is 2.01. The summed E-state index contributed by atoms with van der Waals surface area (Å²) in [6.07, 6.45) is 1.64. The summed E-state index contributed by atoms with van der Waals surface area (Å²) in [5, 5.41) is 12.4. The van der Waals surface area contributed by atoms with E-state index >= 15 is 0 Å². The van der Waals surface area contributed by atoms with Crippen LogP contribution in [0, 0.1) is 11.7 Å². The minimum absolute atomic E-state index is 0.277. The lowest BCUT2D eigenvalue weighted by molar-refractivity contribution is 0.445. The molecule has 0 aliphatic heterocycles. The normalized spacial score (nSPS) is 11.3. The lowest BCUT2D eigenvalue weighted by atomic mass is 10.2. The molecule has 3 aromatic rings. The molecular formula is C15H16FN5OS. The lowest BCUT2D eigenvalue weighted by Gasteiger charge is -2.05. The molecule has 2 heterocycles. The van der Waals surface area contributed by atoms with Gasteiger partial charge in [-0.2, -0.15) is 0 Å². The molecule has 0 saturated carbocycles. The average molecular weight is 333 g/mol. The fourth-order valence-corrected chi connectivity index (χ4v) is 2.75. The zero-order valence-corrected chi connectivity index (χ0v) is 13.6. The summed E-state index contributed by atoms with van der Waals surface area (Å²) in [6.45, 7) is 4.99. The molecule has 0 saturated heterocycles. The van der Waals surface area contributed by atoms with Crippen LogP contribution in [0.4, 0.5) is 4.39 Å². The number of benzene rings is 1. The number of thioether (sulfide) groups is 1. The molecule has 1 aromatic carbocycles. The zero-order valence-electron chi connectivity index (χ0n) is 12.8. The predicted molar refractivity (Wildman–Crippen MR) is 84.1 cm³/mol. The van der Waals surface area contributed by atoms with E-state index in [-0.39, 0.29) is 5.82 Å². The van der Waals surface area contributed by atoms with E-state index < -0.39 is 0 Å². The lowest BCUT2D eigenvalue weighted by Crippen LogP contribution is -2.07. The number of hydrogen-bond donors (Lipinski definition) is 0. The van der Waals surface area contributed by atoms with E-state index in [9.17, 15) is 4.39 Å². The molecule has 0 atom stereocenters. The maximum Gasteiger partial charge on any atom is 0.209 e. The summed E-state index contributed by atoms with van der Waals surface area (Å²) in [4.78, 5) is 4.25. The van der Waals surface area contributed by atoms with Crippen LogP contribution in [0.15, 0.2) is 40.0 Å². The van der Waals surface area contributed by atoms with Gasteiger partial charge in [0.1, 0.15) is 5.82 Å². The van der Waals surface area contributed by atoms with Crippen LogP contribution >= 0.6 is 11.8 Å². The second kappa shape index (κ2) is 6.91. The van der Waals surface area contributed by atoms with Crippen LogP contribution in [0.25, 0.3) is 11.3 Å². The Morgan fingerprint density at radius 2 is 2.04 bits per heavy atom. The van der Waals surface area contributed by atoms with Gasteiger partial charge in [0.05, 0.1) is 11.9 Å². The van der Waals surface area contributed by atoms with Gasteiger partial charge in [-0.25, -0.2) is 14.1 Å². The maximum absolute atomic E-state index is 12.9. The van der Waals surface area contributed by atoms with Crippen molar-refractivity contribution in [3.8, 4) is 11.3 Å². The topological polar surface area (TPSA) is 69.6 Å². The number of tetrazole rings is 1. The van der Waals surface area contributed by atoms with Gasteiger partial charge in [0.25, 0.3) is 0 Å². The third-order valence-electron chi connectivity index (χ3n) is 3.04. The van der Waals surface area contributed by atoms with E-state index in [0.717, 1.165) is 17.3 Å². The quantitative estimate of drug-likeness (QED) is 0.644. The van der Waals surface area contributed by atoms with Crippen LogP contribution in [-0.4, -0.2) is 25.2 Å². The zero-order chi connectivity index (χ0) is 16.2. The molecule has 0 unspecified atom stereocenters. The van der Waals surface area contributed by atoms with Crippen molar-refractivity contribution in [1.29, 1.82) is 0 Å². The van der Waals surface area contributed by atoms with Gasteiger partial charge < -0.3 is 4.42 Å². The molecule has 6 nitrogen and oxygen atoms in total. The van der Waals surface area contributed by atoms with Crippen molar-refractivity contribution in [1.82, 2.24) is 25.2 Å². The van der Waals surface area contributed by atoms with Crippen molar-refractivity contribution in [2.24, 2.45) is 5.92 Å². The summed E-state index contributed by atoms with van der Waals surface area (Å²) in [7, 11) is 0. The maximum atomic E-state index is 12.9. The standard InChI is InChI=1S/C15H16FN5OS/c1-10(2)8-21-15(18-19-20-21)23-9-14-17-7-13(22-14)11-3-5-12(16)6-4-11/h3-7,10H,8-9H2,1-2H3. The van der Waals surface area contributed by atoms with E-state index in [1.807, 2.05) is 0 Å². The number of nitrogens with zero attached hydrogens (tertiary/aromatic N) is 5. The molecule has 0 radical (unpaired) electrons. The molecule has 3 rings (SSSR count). The minimum atomic E-state index is -0.277. The summed E-state index contributed by atoms with van der Waals surface area (Å²) < 4.78 is 20.4. The Balaban J connectivity index is 1.66. The third kappa shape index (κ3) is 3.95. The van der Waals surface area contributed by atoms with Crippen LogP contribution in [0.5, 0.6) is 0 Å². The van der Waals surface area contributed by atoms with E-state index in [2.05, 4.69) is 34.4 Å². The van der Waals surface area contributed by atoms with Crippen molar-refractivity contribution in [3.63, 3.8) is 0 Å². The van der Waals surface area contributed by atoms with Gasteiger partial charge >= 0.3 is 0 Å². The van der Waals surface area contributed by atoms with Crippen LogP contribution in [0.2, 0.25) is 0 Å². The van der Waals surface area contributed by atoms with E-state index in [4.69, 9.17) is 4.42 Å². The predicted octanol–water partition coefficient (Wildman–Crippen LogP) is 3.42. The molecule has 120 valence electrons. The number of oxazole rings is 1. The van der Waals surface area contributed by atoms with Crippen molar-refractivity contribution in [2.45, 2.75) is 31.3 Å². The third-order valence-corrected chi connectivity index (χ3v) is 3.99. The van der Waals surface area contributed by atoms with Gasteiger partial charge in [-0.1, -0.05) is 25.6 Å². The first kappa shape index (κ1) is 15.7. The highest BCUT2D eigenvalue weighted by Crippen LogP contribution is 2.25. The van der Waals surface area contributed by atoms with Gasteiger partial charge in [-0.15, -0.1) is 5.10 Å². The average Bonchev–Trinajstić information content (AvgIpc) is 3.15. The van der Waals surface area contributed by atoms with E-state index in [0.29, 0.717) is 23.3 Å². The number of aromatic nitrogens is 5. The van der Waals surface area contributed by atoms with Gasteiger partial charge in [-0.3, -0.25) is 0 Å². The Morgan fingerprint density at radius 3 is 2.78 bits per heavy atom. The van der Waals surface area contributed by atoms with Crippen LogP contribution < -0.4 is 0 Å². The second-order valence-corrected chi connectivity index (χ2v) is 6.39. The summed E-state index contributed by atoms with van der Waals surface area (Å²) in [5.41, 5.74) is 0.791. The van der Waals surface area contributed by atoms with E-state index in [1.165, 1.54) is 23.9 Å². The van der Waals surface area contributed by atoms with Crippen molar-refractivity contribution >= 4 is 11.8 Å². The second-order valence-electron chi connectivity index (χ2n) is 5.45. The Bertz CT molecular complexity index is 768. The molecule has 0 amide bonds. The SMILES string of the molecule is CC(C)Cn1nnnc1SCc1ncc(-c2ccc(F)cc2)o1. The van der Waals surface area contributed by atoms with Crippen LogP contribution in [0.1, 0.15) is 19.7 Å². The van der Waals surface area contributed by atoms with Crippen molar-refractivity contribution in [2.75, 3.05) is 0 Å². The van der Waals surface area contributed by atoms with Gasteiger partial charge in [0.2, 0.25) is 11.0 Å². The number of hydrogen-bond acceptors (Lipinski definition) is 6. The van der Waals surface area contributed by atoms with Crippen LogP contribution in [-0.2, 0) is 12.3 Å². The van der Waals surface area contributed by atoms with Crippen molar-refractivity contribution in [3.05, 3.63) is 42.2 Å². The largest absolute Gasteiger partial charge is 0.440 e. The summed E-state index contributed by atoms with van der Waals surface area (Å²) in [6, 6.07) is 6.12. The number of rotatable bonds is 6. The minimum Gasteiger partial charge on any atom is -0.440 e. The monoisotopic (exact) mass is 333 g/mol.